The van der Waals surface area contributed by atoms with Crippen LogP contribution < -0.4 is 5.32 Å². The number of methoxy groups -OCH3 is 1. The molecule has 5 nitrogen and oxygen atoms in total. The summed E-state index contributed by atoms with van der Waals surface area (Å²) in [6, 6.07) is 7.14. The molecule has 1 atom stereocenters. The van der Waals surface area contributed by atoms with Crippen molar-refractivity contribution in [3.63, 3.8) is 0 Å². The number of benzene rings is 1. The van der Waals surface area contributed by atoms with Crippen molar-refractivity contribution in [2.45, 2.75) is 18.9 Å². The Kier molecular flexibility index (Phi) is 5.18. The van der Waals surface area contributed by atoms with Crippen LogP contribution in [0.4, 0.5) is 5.00 Å². The van der Waals surface area contributed by atoms with Crippen LogP contribution in [0, 0.1) is 0 Å². The van der Waals surface area contributed by atoms with Crippen LogP contribution in [0.2, 0.25) is 5.02 Å². The number of esters is 1. The molecule has 3 rings (SSSR count). The highest BCUT2D eigenvalue weighted by atomic mass is 35.5. The van der Waals surface area contributed by atoms with Gasteiger partial charge >= 0.3 is 5.97 Å². The summed E-state index contributed by atoms with van der Waals surface area (Å²) in [5, 5.41) is 5.69. The summed E-state index contributed by atoms with van der Waals surface area (Å²) in [7, 11) is 1.32. The van der Waals surface area contributed by atoms with Crippen molar-refractivity contribution in [3.05, 3.63) is 40.2 Å². The fourth-order valence-corrected chi connectivity index (χ4v) is 3.66. The summed E-state index contributed by atoms with van der Waals surface area (Å²) in [4.78, 5) is 24.5. The summed E-state index contributed by atoms with van der Waals surface area (Å²) in [5.41, 5.74) is 1.87. The number of ether oxygens (including phenoxy) is 2. The molecule has 0 radical (unpaired) electrons. The fraction of sp³-hybridized carbons (Fsp3) is 0.294. The van der Waals surface area contributed by atoms with Crippen LogP contribution in [0.1, 0.15) is 23.2 Å². The van der Waals surface area contributed by atoms with Crippen LogP contribution in [0.25, 0.3) is 11.1 Å². The summed E-state index contributed by atoms with van der Waals surface area (Å²) in [6.45, 7) is 0.586. The number of amides is 1. The first-order chi connectivity index (χ1) is 11.6. The van der Waals surface area contributed by atoms with E-state index in [4.69, 9.17) is 21.1 Å². The van der Waals surface area contributed by atoms with Crippen molar-refractivity contribution >= 4 is 39.8 Å². The Bertz CT molecular complexity index is 750. The van der Waals surface area contributed by atoms with Gasteiger partial charge in [-0.15, -0.1) is 11.3 Å². The molecule has 24 heavy (non-hydrogen) atoms. The third-order valence-electron chi connectivity index (χ3n) is 3.79. The Labute approximate surface area is 148 Å². The number of nitrogens with one attached hydrogen (secondary N) is 1. The number of anilines is 1. The van der Waals surface area contributed by atoms with E-state index in [0.717, 1.165) is 12.0 Å². The SMILES string of the molecule is COC(=O)c1c(-c2ccc(Cl)cc2)csc1NC(=O)[C@H]1CCCO1. The van der Waals surface area contributed by atoms with Gasteiger partial charge in [-0.1, -0.05) is 23.7 Å². The molecule has 0 spiro atoms. The third kappa shape index (κ3) is 3.45. The van der Waals surface area contributed by atoms with Crippen molar-refractivity contribution in [1.29, 1.82) is 0 Å². The minimum atomic E-state index is -0.496. The van der Waals surface area contributed by atoms with Gasteiger partial charge < -0.3 is 14.8 Å². The first kappa shape index (κ1) is 17.0. The second-order valence-electron chi connectivity index (χ2n) is 5.34. The average molecular weight is 366 g/mol. The van der Waals surface area contributed by atoms with E-state index in [9.17, 15) is 9.59 Å². The van der Waals surface area contributed by atoms with Gasteiger partial charge in [0.25, 0.3) is 5.91 Å². The lowest BCUT2D eigenvalue weighted by Gasteiger charge is -2.11. The highest BCUT2D eigenvalue weighted by molar-refractivity contribution is 7.15. The zero-order valence-corrected chi connectivity index (χ0v) is 14.6. The van der Waals surface area contributed by atoms with E-state index in [1.807, 2.05) is 17.5 Å². The molecular weight excluding hydrogens is 350 g/mol. The van der Waals surface area contributed by atoms with E-state index in [-0.39, 0.29) is 5.91 Å². The summed E-state index contributed by atoms with van der Waals surface area (Å²) >= 11 is 7.20. The zero-order valence-electron chi connectivity index (χ0n) is 13.0. The standard InChI is InChI=1S/C17H16ClNO4S/c1-22-17(21)14-12(10-4-6-11(18)7-5-10)9-24-16(14)19-15(20)13-3-2-8-23-13/h4-7,9,13H,2-3,8H2,1H3,(H,19,20)/t13-/m1/s1. The van der Waals surface area contributed by atoms with E-state index < -0.39 is 12.1 Å². The molecule has 1 N–H and O–H groups in total. The topological polar surface area (TPSA) is 64.6 Å². The fourth-order valence-electron chi connectivity index (χ4n) is 2.57. The van der Waals surface area contributed by atoms with Crippen molar-refractivity contribution in [1.82, 2.24) is 0 Å². The lowest BCUT2D eigenvalue weighted by Crippen LogP contribution is -2.27. The van der Waals surface area contributed by atoms with Gasteiger partial charge in [-0.3, -0.25) is 4.79 Å². The maximum Gasteiger partial charge on any atom is 0.341 e. The van der Waals surface area contributed by atoms with Gasteiger partial charge in [0.2, 0.25) is 0 Å². The van der Waals surface area contributed by atoms with Gasteiger partial charge in [0.05, 0.1) is 7.11 Å². The van der Waals surface area contributed by atoms with Gasteiger partial charge in [0.1, 0.15) is 16.7 Å². The van der Waals surface area contributed by atoms with Crippen molar-refractivity contribution < 1.29 is 19.1 Å². The van der Waals surface area contributed by atoms with E-state index in [1.54, 1.807) is 12.1 Å². The molecule has 0 unspecified atom stereocenters. The number of rotatable bonds is 4. The highest BCUT2D eigenvalue weighted by Crippen LogP contribution is 2.36. The summed E-state index contributed by atoms with van der Waals surface area (Å²) in [5.74, 6) is -0.731. The molecule has 1 aromatic carbocycles. The molecule has 1 amide bonds. The lowest BCUT2D eigenvalue weighted by atomic mass is 10.0. The number of carbonyl (C=O) groups excluding carboxylic acids is 2. The quantitative estimate of drug-likeness (QED) is 0.832. The van der Waals surface area contributed by atoms with Gasteiger partial charge in [-0.05, 0) is 30.5 Å². The molecule has 1 saturated heterocycles. The molecule has 1 aliphatic rings. The predicted octanol–water partition coefficient (Wildman–Crippen LogP) is 3.97. The maximum atomic E-state index is 12.3. The number of hydrogen-bond acceptors (Lipinski definition) is 5. The Morgan fingerprint density at radius 3 is 2.71 bits per heavy atom. The normalized spacial score (nSPS) is 16.8. The molecule has 0 saturated carbocycles. The molecule has 0 bridgehead atoms. The number of hydrogen-bond donors (Lipinski definition) is 1. The van der Waals surface area contributed by atoms with Gasteiger partial charge in [-0.2, -0.15) is 0 Å². The Hall–Kier alpha value is -1.89. The van der Waals surface area contributed by atoms with Crippen LogP contribution >= 0.6 is 22.9 Å². The monoisotopic (exact) mass is 365 g/mol. The maximum absolute atomic E-state index is 12.3. The molecular formula is C17H16ClNO4S. The van der Waals surface area contributed by atoms with Crippen LogP contribution in [-0.4, -0.2) is 31.7 Å². The molecule has 7 heteroatoms. The Morgan fingerprint density at radius 1 is 1.33 bits per heavy atom. The molecule has 1 aromatic heterocycles. The predicted molar refractivity (Wildman–Crippen MR) is 93.7 cm³/mol. The first-order valence-electron chi connectivity index (χ1n) is 7.48. The third-order valence-corrected chi connectivity index (χ3v) is 4.94. The first-order valence-corrected chi connectivity index (χ1v) is 8.74. The van der Waals surface area contributed by atoms with E-state index in [2.05, 4.69) is 5.32 Å². The molecule has 0 aliphatic carbocycles. The molecule has 1 fully saturated rings. The average Bonchev–Trinajstić information content (AvgIpc) is 3.24. The van der Waals surface area contributed by atoms with E-state index in [1.165, 1.54) is 18.4 Å². The number of thiophene rings is 1. The second-order valence-corrected chi connectivity index (χ2v) is 6.66. The molecule has 2 heterocycles. The summed E-state index contributed by atoms with van der Waals surface area (Å²) in [6.07, 6.45) is 1.09. The van der Waals surface area contributed by atoms with Crippen LogP contribution in [-0.2, 0) is 14.3 Å². The van der Waals surface area contributed by atoms with E-state index >= 15 is 0 Å². The van der Waals surface area contributed by atoms with Crippen molar-refractivity contribution in [3.8, 4) is 11.1 Å². The van der Waals surface area contributed by atoms with Gasteiger partial charge in [-0.25, -0.2) is 4.79 Å². The number of carbonyl (C=O) groups is 2. The number of halogens is 1. The minimum Gasteiger partial charge on any atom is -0.465 e. The Balaban J connectivity index is 1.93. The van der Waals surface area contributed by atoms with Crippen molar-refractivity contribution in [2.24, 2.45) is 0 Å². The molecule has 126 valence electrons. The van der Waals surface area contributed by atoms with Gasteiger partial charge in [0.15, 0.2) is 0 Å². The van der Waals surface area contributed by atoms with Crippen molar-refractivity contribution in [2.75, 3.05) is 19.0 Å². The smallest absolute Gasteiger partial charge is 0.341 e. The molecule has 1 aliphatic heterocycles. The zero-order chi connectivity index (χ0) is 17.1. The lowest BCUT2D eigenvalue weighted by molar-refractivity contribution is -0.124. The second kappa shape index (κ2) is 7.34. The largest absolute Gasteiger partial charge is 0.465 e. The van der Waals surface area contributed by atoms with Crippen LogP contribution in [0.3, 0.4) is 0 Å². The minimum absolute atomic E-state index is 0.234. The Morgan fingerprint density at radius 2 is 2.08 bits per heavy atom. The molecule has 2 aromatic rings. The van der Waals surface area contributed by atoms with Gasteiger partial charge in [0, 0.05) is 22.6 Å². The van der Waals surface area contributed by atoms with Crippen LogP contribution in [0.15, 0.2) is 29.6 Å². The van der Waals surface area contributed by atoms with E-state index in [0.29, 0.717) is 34.2 Å². The van der Waals surface area contributed by atoms with Crippen LogP contribution in [0.5, 0.6) is 0 Å². The highest BCUT2D eigenvalue weighted by Gasteiger charge is 2.27. The summed E-state index contributed by atoms with van der Waals surface area (Å²) < 4.78 is 10.3.